The summed E-state index contributed by atoms with van der Waals surface area (Å²) in [4.78, 5) is 51.6. The van der Waals surface area contributed by atoms with Gasteiger partial charge in [0.25, 0.3) is 5.91 Å². The van der Waals surface area contributed by atoms with Crippen molar-refractivity contribution >= 4 is 64.5 Å². The van der Waals surface area contributed by atoms with Crippen molar-refractivity contribution in [2.45, 2.75) is 44.9 Å². The fourth-order valence-electron chi connectivity index (χ4n) is 3.70. The molecule has 3 N–H and O–H groups in total. The molecule has 0 bridgehead atoms. The average Bonchev–Trinajstić information content (AvgIpc) is 2.83. The molecule has 204 valence electrons. The molecular weight excluding hydrogens is 553 g/mol. The molecule has 1 saturated heterocycles. The maximum atomic E-state index is 13.0. The molecule has 0 spiro atoms. The lowest BCUT2D eigenvalue weighted by Gasteiger charge is -2.36. The van der Waals surface area contributed by atoms with Crippen LogP contribution in [0, 0.1) is 0 Å². The Morgan fingerprint density at radius 3 is 2.32 bits per heavy atom. The Hall–Kier alpha value is -2.95. The Bertz CT molecular complexity index is 1180. The van der Waals surface area contributed by atoms with Gasteiger partial charge in [0, 0.05) is 30.2 Å². The molecule has 3 rings (SSSR count). The zero-order chi connectivity index (χ0) is 28.0. The van der Waals surface area contributed by atoms with Crippen LogP contribution < -0.4 is 10.6 Å². The second-order valence-corrected chi connectivity index (χ2v) is 11.6. The monoisotopic (exact) mass is 581 g/mol. The van der Waals surface area contributed by atoms with Crippen molar-refractivity contribution in [1.82, 2.24) is 10.2 Å². The second kappa shape index (κ2) is 12.7. The predicted octanol–water partition coefficient (Wildman–Crippen LogP) is 4.71. The van der Waals surface area contributed by atoms with E-state index in [0.717, 1.165) is 0 Å². The molecular formula is C26H29Cl2N3O6S. The number of thioether (sulfide) groups is 1. The number of anilines is 1. The zero-order valence-corrected chi connectivity index (χ0v) is 23.5. The van der Waals surface area contributed by atoms with Crippen LogP contribution in [0.2, 0.25) is 10.0 Å². The molecule has 2 aromatic rings. The molecule has 1 fully saturated rings. The lowest BCUT2D eigenvalue weighted by molar-refractivity contribution is -0.142. The molecule has 9 nitrogen and oxygen atoms in total. The number of nitrogens with one attached hydrogen (secondary N) is 2. The number of carboxylic acid groups (broad SMARTS) is 1. The first kappa shape index (κ1) is 29.6. The minimum Gasteiger partial charge on any atom is -0.480 e. The largest absolute Gasteiger partial charge is 0.480 e. The number of hydrogen-bond donors (Lipinski definition) is 3. The molecule has 1 aliphatic heterocycles. The third kappa shape index (κ3) is 8.02. The number of halogens is 2. The van der Waals surface area contributed by atoms with E-state index in [4.69, 9.17) is 27.9 Å². The highest BCUT2D eigenvalue weighted by Gasteiger charge is 2.36. The summed E-state index contributed by atoms with van der Waals surface area (Å²) in [6.45, 7) is 5.54. The fraction of sp³-hybridized carbons (Fsp3) is 0.385. The van der Waals surface area contributed by atoms with Gasteiger partial charge >= 0.3 is 12.1 Å². The first-order valence-corrected chi connectivity index (χ1v) is 13.7. The zero-order valence-electron chi connectivity index (χ0n) is 21.1. The van der Waals surface area contributed by atoms with Gasteiger partial charge in [0.15, 0.2) is 0 Å². The molecule has 1 aliphatic rings. The van der Waals surface area contributed by atoms with E-state index in [-0.39, 0.29) is 22.0 Å². The lowest BCUT2D eigenvalue weighted by atomic mass is 10.0. The van der Waals surface area contributed by atoms with Crippen molar-refractivity contribution in [2.75, 3.05) is 23.4 Å². The number of rotatable bonds is 7. The van der Waals surface area contributed by atoms with Crippen LogP contribution in [0.1, 0.15) is 36.7 Å². The van der Waals surface area contributed by atoms with E-state index in [2.05, 4.69) is 10.6 Å². The van der Waals surface area contributed by atoms with E-state index in [1.807, 2.05) is 0 Å². The maximum Gasteiger partial charge on any atom is 0.411 e. The molecule has 0 saturated carbocycles. The molecule has 2 atom stereocenters. The van der Waals surface area contributed by atoms with E-state index < -0.39 is 41.6 Å². The van der Waals surface area contributed by atoms with E-state index >= 15 is 0 Å². The number of carbonyl (C=O) groups excluding carboxylic acids is 3. The third-order valence-electron chi connectivity index (χ3n) is 5.52. The van der Waals surface area contributed by atoms with Crippen LogP contribution >= 0.6 is 35.0 Å². The van der Waals surface area contributed by atoms with Crippen molar-refractivity contribution in [1.29, 1.82) is 0 Å². The van der Waals surface area contributed by atoms with Crippen molar-refractivity contribution in [3.8, 4) is 0 Å². The van der Waals surface area contributed by atoms with E-state index in [1.54, 1.807) is 63.2 Å². The van der Waals surface area contributed by atoms with Crippen LogP contribution in [0.5, 0.6) is 0 Å². The van der Waals surface area contributed by atoms with E-state index in [0.29, 0.717) is 29.3 Å². The van der Waals surface area contributed by atoms with Crippen LogP contribution in [-0.4, -0.2) is 69.6 Å². The molecule has 0 unspecified atom stereocenters. The van der Waals surface area contributed by atoms with Crippen molar-refractivity contribution in [3.05, 3.63) is 63.6 Å². The summed E-state index contributed by atoms with van der Waals surface area (Å²) in [7, 11) is 0. The molecule has 0 radical (unpaired) electrons. The van der Waals surface area contributed by atoms with Gasteiger partial charge in [0.05, 0.1) is 15.6 Å². The Labute approximate surface area is 235 Å². The number of carbonyl (C=O) groups is 4. The summed E-state index contributed by atoms with van der Waals surface area (Å²) in [5.41, 5.74) is 0.499. The van der Waals surface area contributed by atoms with E-state index in [1.165, 1.54) is 16.7 Å². The number of benzene rings is 2. The summed E-state index contributed by atoms with van der Waals surface area (Å²) >= 11 is 13.7. The van der Waals surface area contributed by atoms with Gasteiger partial charge in [0.2, 0.25) is 5.91 Å². The van der Waals surface area contributed by atoms with Gasteiger partial charge < -0.3 is 20.5 Å². The third-order valence-corrected chi connectivity index (χ3v) is 7.17. The summed E-state index contributed by atoms with van der Waals surface area (Å²) in [5, 5.41) is 15.5. The number of hydrogen-bond acceptors (Lipinski definition) is 6. The summed E-state index contributed by atoms with van der Waals surface area (Å²) in [5.74, 6) is -1.27. The standard InChI is InChI=1S/C26H29Cl2N3O6S/c1-26(2,3)37-25(36)31-11-12-38-14-20(31)22(32)30-19(24(34)35)13-15-7-9-16(10-8-15)29-23(33)21-17(27)5-4-6-18(21)28/h4-10,19-20H,11-14H2,1-3H3,(H,29,33)(H,30,32)(H,34,35)/t19-,20-/m0/s1. The molecule has 0 aliphatic carbocycles. The SMILES string of the molecule is CC(C)(C)OC(=O)N1CCSC[C@H]1C(=O)N[C@@H](Cc1ccc(NC(=O)c2c(Cl)cccc2Cl)cc1)C(=O)O. The van der Waals surface area contributed by atoms with Crippen LogP contribution in [0.15, 0.2) is 42.5 Å². The number of ether oxygens (including phenoxy) is 1. The van der Waals surface area contributed by atoms with Crippen molar-refractivity contribution in [2.24, 2.45) is 0 Å². The van der Waals surface area contributed by atoms with E-state index in [9.17, 15) is 24.3 Å². The Kier molecular flexibility index (Phi) is 9.92. The van der Waals surface area contributed by atoms with Crippen molar-refractivity contribution in [3.63, 3.8) is 0 Å². The molecule has 12 heteroatoms. The van der Waals surface area contributed by atoms with Gasteiger partial charge in [0.1, 0.15) is 17.7 Å². The van der Waals surface area contributed by atoms with Crippen LogP contribution in [0.3, 0.4) is 0 Å². The maximum absolute atomic E-state index is 13.0. The van der Waals surface area contributed by atoms with Gasteiger partial charge in [-0.3, -0.25) is 14.5 Å². The van der Waals surface area contributed by atoms with Crippen LogP contribution in [0.25, 0.3) is 0 Å². The van der Waals surface area contributed by atoms with Crippen LogP contribution in [0.4, 0.5) is 10.5 Å². The average molecular weight is 583 g/mol. The quantitative estimate of drug-likeness (QED) is 0.432. The second-order valence-electron chi connectivity index (χ2n) is 9.62. The summed E-state index contributed by atoms with van der Waals surface area (Å²) < 4.78 is 5.42. The Balaban J connectivity index is 1.65. The molecule has 3 amide bonds. The van der Waals surface area contributed by atoms with Gasteiger partial charge in [-0.1, -0.05) is 41.4 Å². The topological polar surface area (TPSA) is 125 Å². The highest BCUT2D eigenvalue weighted by atomic mass is 35.5. The normalized spacial score (nSPS) is 16.3. The molecule has 38 heavy (non-hydrogen) atoms. The first-order valence-electron chi connectivity index (χ1n) is 11.8. The van der Waals surface area contributed by atoms with Gasteiger partial charge in [-0.15, -0.1) is 0 Å². The highest BCUT2D eigenvalue weighted by molar-refractivity contribution is 7.99. The summed E-state index contributed by atoms with van der Waals surface area (Å²) in [6.07, 6.45) is -0.613. The Morgan fingerprint density at radius 2 is 1.74 bits per heavy atom. The number of nitrogens with zero attached hydrogens (tertiary/aromatic N) is 1. The molecule has 1 heterocycles. The molecule has 2 aromatic carbocycles. The minimum atomic E-state index is -1.22. The Morgan fingerprint density at radius 1 is 1.11 bits per heavy atom. The number of amides is 3. The fourth-order valence-corrected chi connectivity index (χ4v) is 5.31. The van der Waals surface area contributed by atoms with Gasteiger partial charge in [-0.25, -0.2) is 9.59 Å². The van der Waals surface area contributed by atoms with Crippen LogP contribution in [-0.2, 0) is 20.7 Å². The smallest absolute Gasteiger partial charge is 0.411 e. The van der Waals surface area contributed by atoms with Crippen molar-refractivity contribution < 1.29 is 29.0 Å². The first-order chi connectivity index (χ1) is 17.9. The molecule has 0 aromatic heterocycles. The number of aliphatic carboxylic acids is 1. The van der Waals surface area contributed by atoms with Gasteiger partial charge in [-0.05, 0) is 50.6 Å². The summed E-state index contributed by atoms with van der Waals surface area (Å²) in [6, 6.07) is 9.20. The number of carboxylic acids is 1. The van der Waals surface area contributed by atoms with Gasteiger partial charge in [-0.2, -0.15) is 11.8 Å². The predicted molar refractivity (Wildman–Crippen MR) is 148 cm³/mol. The highest BCUT2D eigenvalue weighted by Crippen LogP contribution is 2.25. The lowest BCUT2D eigenvalue weighted by Crippen LogP contribution is -2.57. The minimum absolute atomic E-state index is 0.00204.